The maximum Gasteiger partial charge on any atom is 0.221 e. The summed E-state index contributed by atoms with van der Waals surface area (Å²) in [6.07, 6.45) is 0.654. The lowest BCUT2D eigenvalue weighted by Crippen LogP contribution is -2.49. The zero-order valence-electron chi connectivity index (χ0n) is 17.9. The van der Waals surface area contributed by atoms with E-state index in [2.05, 4.69) is 4.98 Å². The summed E-state index contributed by atoms with van der Waals surface area (Å²) >= 11 is 0. The largest absolute Gasteiger partial charge is 0.481 e. The van der Waals surface area contributed by atoms with Crippen LogP contribution in [0.5, 0.6) is 5.88 Å². The minimum Gasteiger partial charge on any atom is -0.481 e. The van der Waals surface area contributed by atoms with Gasteiger partial charge in [0.15, 0.2) is 5.78 Å². The van der Waals surface area contributed by atoms with E-state index in [9.17, 15) is 4.79 Å². The Morgan fingerprint density at radius 3 is 2.81 bits per heavy atom. The number of ether oxygens (including phenoxy) is 3. The molecule has 0 N–H and O–H groups in total. The van der Waals surface area contributed by atoms with Crippen LogP contribution in [-0.4, -0.2) is 50.3 Å². The van der Waals surface area contributed by atoms with Crippen LogP contribution in [0, 0.1) is 31.5 Å². The molecule has 162 valence electrons. The summed E-state index contributed by atoms with van der Waals surface area (Å²) in [7, 11) is 1.53. The van der Waals surface area contributed by atoms with Crippen molar-refractivity contribution < 1.29 is 23.4 Å². The molecule has 4 heterocycles. The van der Waals surface area contributed by atoms with Crippen molar-refractivity contribution in [3.63, 3.8) is 0 Å². The van der Waals surface area contributed by atoms with Gasteiger partial charge in [0.25, 0.3) is 0 Å². The van der Waals surface area contributed by atoms with Gasteiger partial charge in [-0.05, 0) is 49.6 Å². The molecule has 0 saturated carbocycles. The number of carbonyl (C=O) groups excluding carboxylic acids is 1. The molecule has 0 radical (unpaired) electrons. The van der Waals surface area contributed by atoms with Crippen molar-refractivity contribution >= 4 is 11.4 Å². The van der Waals surface area contributed by atoms with Crippen LogP contribution in [0.2, 0.25) is 0 Å². The Kier molecular flexibility index (Phi) is 5.10. The molecule has 1 aromatic carbocycles. The average molecular weight is 424 g/mol. The van der Waals surface area contributed by atoms with E-state index >= 15 is 4.39 Å². The van der Waals surface area contributed by atoms with Gasteiger partial charge in [0.2, 0.25) is 5.88 Å². The van der Waals surface area contributed by atoms with Crippen molar-refractivity contribution in [2.45, 2.75) is 26.4 Å². The fourth-order valence-corrected chi connectivity index (χ4v) is 5.10. The van der Waals surface area contributed by atoms with Crippen LogP contribution in [0.25, 0.3) is 16.7 Å². The zero-order valence-corrected chi connectivity index (χ0v) is 17.9. The molecular weight excluding hydrogens is 399 g/mol. The molecule has 2 saturated heterocycles. The number of carbonyl (C=O) groups is 1. The number of aromatic nitrogens is 1. The Morgan fingerprint density at radius 2 is 2.06 bits per heavy atom. The second-order valence-electron chi connectivity index (χ2n) is 8.45. The number of halogens is 1. The summed E-state index contributed by atoms with van der Waals surface area (Å²) in [5.74, 6) is -0.149. The smallest absolute Gasteiger partial charge is 0.221 e. The Morgan fingerprint density at radius 1 is 1.23 bits per heavy atom. The molecule has 3 aliphatic heterocycles. The quantitative estimate of drug-likeness (QED) is 0.753. The first-order valence-electron chi connectivity index (χ1n) is 10.6. The number of ketones is 1. The van der Waals surface area contributed by atoms with Crippen LogP contribution < -0.4 is 15.3 Å². The number of nitrogens with zero attached hydrogens (tertiary/aromatic N) is 2. The van der Waals surface area contributed by atoms with Gasteiger partial charge in [-0.2, -0.15) is 0 Å². The molecule has 0 bridgehead atoms. The van der Waals surface area contributed by atoms with Crippen LogP contribution in [0.15, 0.2) is 23.2 Å². The van der Waals surface area contributed by atoms with E-state index in [1.165, 1.54) is 13.2 Å². The number of rotatable bonds is 3. The maximum atomic E-state index is 15.3. The van der Waals surface area contributed by atoms with Crippen molar-refractivity contribution in [2.75, 3.05) is 33.5 Å². The molecule has 0 spiro atoms. The van der Waals surface area contributed by atoms with Crippen LogP contribution in [-0.2, 0) is 14.3 Å². The Hall–Kier alpha value is -2.64. The predicted octanol–water partition coefficient (Wildman–Crippen LogP) is 1.92. The second-order valence-corrected chi connectivity index (χ2v) is 8.45. The standard InChI is InChI=1S/C24H25FN2O4/c1-12-8-13(2)27-24(29-3)19(12)21-17(25)5-4-15-20-16(9-26-22(15)21)18(28)11-31-23(20)14-6-7-30-10-14/h4-5,8,14,16,23H,6-7,9-11H2,1-3H3/t14?,16?,23-/m0/s1. The number of benzene rings is 1. The third-order valence-electron chi connectivity index (χ3n) is 6.49. The average Bonchev–Trinajstić information content (AvgIpc) is 3.28. The number of aryl methyl sites for hydroxylation is 2. The number of Topliss-reactive ketones (excluding diaryl/α,β-unsaturated/α-hetero) is 1. The molecule has 0 aliphatic carbocycles. The number of fused-ring (bicyclic) bond motifs is 2. The number of hydrogen-bond acceptors (Lipinski definition) is 6. The van der Waals surface area contributed by atoms with E-state index in [1.54, 1.807) is 6.07 Å². The molecule has 7 heteroatoms. The third-order valence-corrected chi connectivity index (χ3v) is 6.49. The molecular formula is C24H25FN2O4. The first kappa shape index (κ1) is 20.3. The van der Waals surface area contributed by atoms with Gasteiger partial charge < -0.3 is 14.2 Å². The van der Waals surface area contributed by atoms with Crippen LogP contribution in [0.3, 0.4) is 0 Å². The molecule has 1 aromatic heterocycles. The van der Waals surface area contributed by atoms with Crippen molar-refractivity contribution in [1.29, 1.82) is 0 Å². The number of hydrogen-bond donors (Lipinski definition) is 0. The van der Waals surface area contributed by atoms with E-state index in [4.69, 9.17) is 19.2 Å². The van der Waals surface area contributed by atoms with E-state index in [-0.39, 0.29) is 30.3 Å². The highest BCUT2D eigenvalue weighted by Crippen LogP contribution is 2.35. The minimum atomic E-state index is -0.391. The summed E-state index contributed by atoms with van der Waals surface area (Å²) < 4.78 is 32.4. The summed E-state index contributed by atoms with van der Waals surface area (Å²) in [4.78, 5) is 21.8. The Labute approximate surface area is 179 Å². The minimum absolute atomic E-state index is 0.0243. The topological polar surface area (TPSA) is 70.0 Å². The molecule has 2 fully saturated rings. The lowest BCUT2D eigenvalue weighted by Gasteiger charge is -2.35. The summed E-state index contributed by atoms with van der Waals surface area (Å²) in [5, 5.41) is 1.32. The molecule has 5 rings (SSSR count). The van der Waals surface area contributed by atoms with E-state index in [0.29, 0.717) is 42.1 Å². The lowest BCUT2D eigenvalue weighted by molar-refractivity contribution is -0.131. The number of methoxy groups -OCH3 is 1. The monoisotopic (exact) mass is 424 g/mol. The van der Waals surface area contributed by atoms with Crippen LogP contribution in [0.1, 0.15) is 17.7 Å². The fraction of sp³-hybridized carbons (Fsp3) is 0.458. The maximum absolute atomic E-state index is 15.3. The highest BCUT2D eigenvalue weighted by atomic mass is 19.1. The van der Waals surface area contributed by atoms with Gasteiger partial charge in [0, 0.05) is 29.0 Å². The van der Waals surface area contributed by atoms with Gasteiger partial charge in [-0.1, -0.05) is 0 Å². The van der Waals surface area contributed by atoms with Gasteiger partial charge in [-0.25, -0.2) is 9.37 Å². The van der Waals surface area contributed by atoms with Crippen molar-refractivity contribution in [3.05, 3.63) is 45.8 Å². The van der Waals surface area contributed by atoms with E-state index in [1.807, 2.05) is 19.9 Å². The first-order valence-corrected chi connectivity index (χ1v) is 10.6. The highest BCUT2D eigenvalue weighted by molar-refractivity contribution is 5.93. The Bertz CT molecular complexity index is 1190. The zero-order chi connectivity index (χ0) is 21.7. The number of pyridine rings is 1. The fourth-order valence-electron chi connectivity index (χ4n) is 5.10. The van der Waals surface area contributed by atoms with Gasteiger partial charge in [0.05, 0.1) is 43.2 Å². The third kappa shape index (κ3) is 3.27. The van der Waals surface area contributed by atoms with E-state index in [0.717, 1.165) is 28.5 Å². The lowest BCUT2D eigenvalue weighted by atomic mass is 9.79. The van der Waals surface area contributed by atoms with Crippen LogP contribution >= 0.6 is 0 Å². The molecule has 3 atom stereocenters. The van der Waals surface area contributed by atoms with Gasteiger partial charge >= 0.3 is 0 Å². The van der Waals surface area contributed by atoms with Gasteiger partial charge in [-0.15, -0.1) is 0 Å². The molecule has 2 unspecified atom stereocenters. The van der Waals surface area contributed by atoms with Crippen molar-refractivity contribution in [3.8, 4) is 17.0 Å². The first-order chi connectivity index (χ1) is 15.0. The van der Waals surface area contributed by atoms with Crippen LogP contribution in [0.4, 0.5) is 4.39 Å². The summed E-state index contributed by atoms with van der Waals surface area (Å²) in [6.45, 7) is 5.46. The molecule has 0 amide bonds. The second kappa shape index (κ2) is 7.80. The van der Waals surface area contributed by atoms with E-state index < -0.39 is 5.82 Å². The van der Waals surface area contributed by atoms with Crippen molar-refractivity contribution in [1.82, 2.24) is 4.98 Å². The molecule has 6 nitrogen and oxygen atoms in total. The highest BCUT2D eigenvalue weighted by Gasteiger charge is 2.41. The predicted molar refractivity (Wildman–Crippen MR) is 112 cm³/mol. The van der Waals surface area contributed by atoms with Gasteiger partial charge in [-0.3, -0.25) is 9.79 Å². The normalized spacial score (nSPS) is 25.1. The van der Waals surface area contributed by atoms with Crippen molar-refractivity contribution in [2.24, 2.45) is 16.8 Å². The molecule has 3 aliphatic rings. The van der Waals surface area contributed by atoms with Gasteiger partial charge in [0.1, 0.15) is 12.4 Å². The Balaban J connectivity index is 1.81. The molecule has 2 aromatic rings. The summed E-state index contributed by atoms with van der Waals surface area (Å²) in [5.41, 5.74) is 3.52. The molecule has 31 heavy (non-hydrogen) atoms. The SMILES string of the molecule is COc1nc(C)cc(C)c1-c1c(F)ccc2c1=NCC1C(=O)CO[C@@H](C3CCOC3)C=21. The summed E-state index contributed by atoms with van der Waals surface area (Å²) in [6, 6.07) is 5.08.